The third-order valence-corrected chi connectivity index (χ3v) is 4.55. The van der Waals surface area contributed by atoms with Gasteiger partial charge >= 0.3 is 0 Å². The summed E-state index contributed by atoms with van der Waals surface area (Å²) in [4.78, 5) is 0. The normalized spacial score (nSPS) is 26.5. The van der Waals surface area contributed by atoms with Crippen LogP contribution in [0.5, 0.6) is 0 Å². The summed E-state index contributed by atoms with van der Waals surface area (Å²) in [6.07, 6.45) is 7.02. The van der Waals surface area contributed by atoms with Gasteiger partial charge in [-0.1, -0.05) is 26.7 Å². The fraction of sp³-hybridized carbons (Fsp3) is 1.00. The molecular weight excluding hydrogens is 246 g/mol. The zero-order valence-electron chi connectivity index (χ0n) is 12.0. The van der Waals surface area contributed by atoms with E-state index in [0.717, 1.165) is 6.61 Å². The predicted molar refractivity (Wildman–Crippen MR) is 79.2 cm³/mol. The Morgan fingerprint density at radius 3 is 2.67 bits per heavy atom. The van der Waals surface area contributed by atoms with E-state index in [2.05, 4.69) is 25.4 Å². The molecule has 0 bridgehead atoms. The molecular formula is C14H29NO2S. The summed E-state index contributed by atoms with van der Waals surface area (Å²) in [5.41, 5.74) is 0. The molecule has 3 unspecified atom stereocenters. The third kappa shape index (κ3) is 6.41. The summed E-state index contributed by atoms with van der Waals surface area (Å²) in [5, 5.41) is 14.1. The maximum absolute atomic E-state index is 9.86. The first kappa shape index (κ1) is 16.3. The van der Waals surface area contributed by atoms with Crippen molar-refractivity contribution in [3.05, 3.63) is 0 Å². The first-order chi connectivity index (χ1) is 8.63. The smallest absolute Gasteiger partial charge is 0.0897 e. The minimum absolute atomic E-state index is 0.381. The molecule has 0 heterocycles. The van der Waals surface area contributed by atoms with Crippen LogP contribution in [0.25, 0.3) is 0 Å². The van der Waals surface area contributed by atoms with Gasteiger partial charge in [0.25, 0.3) is 0 Å². The Kier molecular flexibility index (Phi) is 8.31. The van der Waals surface area contributed by atoms with E-state index in [1.165, 1.54) is 25.7 Å². The van der Waals surface area contributed by atoms with Crippen molar-refractivity contribution in [3.8, 4) is 0 Å². The van der Waals surface area contributed by atoms with Gasteiger partial charge in [-0.25, -0.2) is 0 Å². The minimum Gasteiger partial charge on any atom is -0.389 e. The molecule has 0 aromatic carbocycles. The Morgan fingerprint density at radius 1 is 1.28 bits per heavy atom. The molecule has 0 saturated heterocycles. The molecule has 3 nitrogen and oxygen atoms in total. The van der Waals surface area contributed by atoms with E-state index in [4.69, 9.17) is 4.74 Å². The molecule has 3 atom stereocenters. The summed E-state index contributed by atoms with van der Waals surface area (Å²) in [7, 11) is 0. The number of rotatable bonds is 8. The molecule has 4 heteroatoms. The number of aliphatic hydroxyl groups excluding tert-OH is 1. The fourth-order valence-corrected chi connectivity index (χ4v) is 3.36. The van der Waals surface area contributed by atoms with E-state index in [-0.39, 0.29) is 6.10 Å². The molecule has 0 aromatic heterocycles. The number of hydrogen-bond donors (Lipinski definition) is 2. The lowest BCUT2D eigenvalue weighted by Crippen LogP contribution is -2.44. The average molecular weight is 275 g/mol. The van der Waals surface area contributed by atoms with E-state index < -0.39 is 0 Å². The summed E-state index contributed by atoms with van der Waals surface area (Å²) in [5.74, 6) is 0.532. The van der Waals surface area contributed by atoms with E-state index in [1.54, 1.807) is 0 Å². The van der Waals surface area contributed by atoms with Crippen molar-refractivity contribution in [2.45, 2.75) is 56.9 Å². The fourth-order valence-electron chi connectivity index (χ4n) is 2.40. The summed E-state index contributed by atoms with van der Waals surface area (Å²) < 4.78 is 5.45. The Balaban J connectivity index is 2.14. The molecule has 1 aliphatic rings. The van der Waals surface area contributed by atoms with Crippen molar-refractivity contribution in [1.29, 1.82) is 0 Å². The second kappa shape index (κ2) is 9.18. The maximum Gasteiger partial charge on any atom is 0.0897 e. The zero-order chi connectivity index (χ0) is 13.4. The Hall–Kier alpha value is 0.230. The largest absolute Gasteiger partial charge is 0.389 e. The Labute approximate surface area is 116 Å². The van der Waals surface area contributed by atoms with Gasteiger partial charge in [-0.15, -0.1) is 0 Å². The van der Waals surface area contributed by atoms with E-state index in [9.17, 15) is 5.11 Å². The van der Waals surface area contributed by atoms with Gasteiger partial charge in [0.2, 0.25) is 0 Å². The van der Waals surface area contributed by atoms with Crippen molar-refractivity contribution in [1.82, 2.24) is 5.32 Å². The van der Waals surface area contributed by atoms with Gasteiger partial charge in [-0.2, -0.15) is 11.8 Å². The van der Waals surface area contributed by atoms with Crippen LogP contribution in [0.3, 0.4) is 0 Å². The number of thioether (sulfide) groups is 1. The lowest BCUT2D eigenvalue weighted by molar-refractivity contribution is 0.0245. The summed E-state index contributed by atoms with van der Waals surface area (Å²) in [6.45, 7) is 6.07. The van der Waals surface area contributed by atoms with Gasteiger partial charge in [0.05, 0.1) is 12.7 Å². The summed E-state index contributed by atoms with van der Waals surface area (Å²) >= 11 is 1.95. The molecule has 0 spiro atoms. The lowest BCUT2D eigenvalue weighted by atomic mass is 9.95. The van der Waals surface area contributed by atoms with E-state index >= 15 is 0 Å². The van der Waals surface area contributed by atoms with Gasteiger partial charge in [0.1, 0.15) is 0 Å². The topological polar surface area (TPSA) is 41.5 Å². The Bertz CT molecular complexity index is 214. The minimum atomic E-state index is -0.381. The number of ether oxygens (including phenoxy) is 1. The zero-order valence-corrected chi connectivity index (χ0v) is 12.8. The average Bonchev–Trinajstić information content (AvgIpc) is 2.36. The maximum atomic E-state index is 9.86. The van der Waals surface area contributed by atoms with Crippen LogP contribution in [-0.2, 0) is 4.74 Å². The SMILES string of the molecule is CSC1CCCCC1NCC(O)COCC(C)C. The highest BCUT2D eigenvalue weighted by molar-refractivity contribution is 7.99. The van der Waals surface area contributed by atoms with Crippen LogP contribution < -0.4 is 5.32 Å². The molecule has 1 rings (SSSR count). The highest BCUT2D eigenvalue weighted by Crippen LogP contribution is 2.26. The van der Waals surface area contributed by atoms with Crippen LogP contribution in [0.15, 0.2) is 0 Å². The highest BCUT2D eigenvalue weighted by atomic mass is 32.2. The van der Waals surface area contributed by atoms with Crippen molar-refractivity contribution < 1.29 is 9.84 Å². The van der Waals surface area contributed by atoms with Crippen molar-refractivity contribution in [3.63, 3.8) is 0 Å². The van der Waals surface area contributed by atoms with Crippen molar-refractivity contribution in [2.75, 3.05) is 26.0 Å². The number of aliphatic hydroxyl groups is 1. The van der Waals surface area contributed by atoms with E-state index in [0.29, 0.717) is 30.4 Å². The summed E-state index contributed by atoms with van der Waals surface area (Å²) in [6, 6.07) is 0.563. The lowest BCUT2D eigenvalue weighted by Gasteiger charge is -2.31. The molecule has 1 saturated carbocycles. The molecule has 2 N–H and O–H groups in total. The molecule has 18 heavy (non-hydrogen) atoms. The van der Waals surface area contributed by atoms with Gasteiger partial charge < -0.3 is 15.2 Å². The first-order valence-electron chi connectivity index (χ1n) is 7.15. The Morgan fingerprint density at radius 2 is 2.00 bits per heavy atom. The van der Waals surface area contributed by atoms with Crippen LogP contribution in [0, 0.1) is 5.92 Å². The second-order valence-electron chi connectivity index (χ2n) is 5.66. The highest BCUT2D eigenvalue weighted by Gasteiger charge is 2.24. The van der Waals surface area contributed by atoms with Gasteiger partial charge in [-0.3, -0.25) is 0 Å². The van der Waals surface area contributed by atoms with Crippen LogP contribution >= 0.6 is 11.8 Å². The molecule has 1 aliphatic carbocycles. The molecule has 0 amide bonds. The van der Waals surface area contributed by atoms with Crippen LogP contribution in [0.4, 0.5) is 0 Å². The van der Waals surface area contributed by atoms with Crippen LogP contribution in [0.2, 0.25) is 0 Å². The molecule has 1 fully saturated rings. The van der Waals surface area contributed by atoms with Crippen LogP contribution in [0.1, 0.15) is 39.5 Å². The molecule has 108 valence electrons. The van der Waals surface area contributed by atoms with Gasteiger partial charge in [-0.05, 0) is 25.0 Å². The standard InChI is InChI=1S/C14H29NO2S/c1-11(2)9-17-10-12(16)8-15-13-6-4-5-7-14(13)18-3/h11-16H,4-10H2,1-3H3. The third-order valence-electron chi connectivity index (χ3n) is 3.38. The molecule has 0 aromatic rings. The number of nitrogens with one attached hydrogen (secondary N) is 1. The monoisotopic (exact) mass is 275 g/mol. The molecule has 0 aliphatic heterocycles. The van der Waals surface area contributed by atoms with Crippen LogP contribution in [-0.4, -0.2) is 48.5 Å². The molecule has 0 radical (unpaired) electrons. The van der Waals surface area contributed by atoms with Gasteiger partial charge in [0, 0.05) is 24.4 Å². The van der Waals surface area contributed by atoms with Crippen molar-refractivity contribution in [2.24, 2.45) is 5.92 Å². The van der Waals surface area contributed by atoms with Crippen molar-refractivity contribution >= 4 is 11.8 Å². The predicted octanol–water partition coefficient (Wildman–Crippen LogP) is 2.28. The quantitative estimate of drug-likeness (QED) is 0.713. The van der Waals surface area contributed by atoms with Gasteiger partial charge in [0.15, 0.2) is 0 Å². The second-order valence-corrected chi connectivity index (χ2v) is 6.74. The number of hydrogen-bond acceptors (Lipinski definition) is 4. The van der Waals surface area contributed by atoms with E-state index in [1.807, 2.05) is 11.8 Å². The first-order valence-corrected chi connectivity index (χ1v) is 8.44.